The van der Waals surface area contributed by atoms with Gasteiger partial charge in [-0.25, -0.2) is 12.7 Å². The minimum atomic E-state index is -4.45. The van der Waals surface area contributed by atoms with Crippen LogP contribution in [-0.2, 0) is 26.7 Å². The maximum absolute atomic E-state index is 12.9. The highest BCUT2D eigenvalue weighted by Crippen LogP contribution is 2.30. The van der Waals surface area contributed by atoms with Crippen molar-refractivity contribution in [3.8, 4) is 0 Å². The summed E-state index contributed by atoms with van der Waals surface area (Å²) in [4.78, 5) is 12.6. The molecule has 0 spiro atoms. The quantitative estimate of drug-likeness (QED) is 0.758. The van der Waals surface area contributed by atoms with E-state index in [1.54, 1.807) is 12.1 Å². The number of alkyl halides is 3. The fourth-order valence-corrected chi connectivity index (χ4v) is 5.17. The van der Waals surface area contributed by atoms with Gasteiger partial charge in [0.05, 0.1) is 17.2 Å². The third-order valence-electron chi connectivity index (χ3n) is 5.23. The zero-order chi connectivity index (χ0) is 21.9. The number of amides is 1. The van der Waals surface area contributed by atoms with Gasteiger partial charge in [-0.3, -0.25) is 4.79 Å². The SMILES string of the molecule is Cc1ccccc1CS(=O)(=O)N1CCC[C@H](C(=O)Nc2ccc(C(F)(F)F)cc2)C1. The van der Waals surface area contributed by atoms with E-state index in [2.05, 4.69) is 5.32 Å². The summed E-state index contributed by atoms with van der Waals surface area (Å²) in [5.41, 5.74) is 1.04. The second-order valence-electron chi connectivity index (χ2n) is 7.44. The van der Waals surface area contributed by atoms with E-state index in [4.69, 9.17) is 0 Å². The molecule has 1 aliphatic rings. The number of hydrogen-bond acceptors (Lipinski definition) is 3. The van der Waals surface area contributed by atoms with Crippen molar-refractivity contribution in [1.82, 2.24) is 4.31 Å². The Morgan fingerprint density at radius 2 is 1.80 bits per heavy atom. The molecule has 2 aromatic carbocycles. The molecule has 3 rings (SSSR count). The van der Waals surface area contributed by atoms with Gasteiger partial charge < -0.3 is 5.32 Å². The Kier molecular flexibility index (Phi) is 6.52. The maximum Gasteiger partial charge on any atom is 0.416 e. The van der Waals surface area contributed by atoms with Crippen molar-refractivity contribution in [2.75, 3.05) is 18.4 Å². The summed E-state index contributed by atoms with van der Waals surface area (Å²) < 4.78 is 65.0. The fourth-order valence-electron chi connectivity index (χ4n) is 3.46. The number of anilines is 1. The molecular weight excluding hydrogens is 417 g/mol. The fraction of sp³-hybridized carbons (Fsp3) is 0.381. The van der Waals surface area contributed by atoms with Gasteiger partial charge in [0.2, 0.25) is 15.9 Å². The Labute approximate surface area is 173 Å². The number of piperidine rings is 1. The van der Waals surface area contributed by atoms with E-state index >= 15 is 0 Å². The lowest BCUT2D eigenvalue weighted by molar-refractivity contribution is -0.137. The van der Waals surface area contributed by atoms with E-state index < -0.39 is 33.6 Å². The number of carbonyl (C=O) groups excluding carboxylic acids is 1. The standard InChI is InChI=1S/C21H23F3N2O3S/c1-15-5-2-3-6-17(15)14-30(28,29)26-12-4-7-16(13-26)20(27)25-19-10-8-18(9-11-19)21(22,23)24/h2-3,5-6,8-11,16H,4,7,12-14H2,1H3,(H,25,27)/t16-/m0/s1. The number of hydrogen-bond donors (Lipinski definition) is 1. The van der Waals surface area contributed by atoms with Crippen molar-refractivity contribution in [1.29, 1.82) is 0 Å². The number of sulfonamides is 1. The minimum absolute atomic E-state index is 0.0562. The van der Waals surface area contributed by atoms with Gasteiger partial charge in [0, 0.05) is 18.8 Å². The molecule has 162 valence electrons. The lowest BCUT2D eigenvalue weighted by Gasteiger charge is -2.31. The first-order chi connectivity index (χ1) is 14.1. The van der Waals surface area contributed by atoms with Gasteiger partial charge in [0.25, 0.3) is 0 Å². The lowest BCUT2D eigenvalue weighted by Crippen LogP contribution is -2.44. The molecule has 2 aromatic rings. The van der Waals surface area contributed by atoms with Crippen LogP contribution in [0, 0.1) is 12.8 Å². The van der Waals surface area contributed by atoms with Crippen molar-refractivity contribution in [3.05, 3.63) is 65.2 Å². The Hall–Kier alpha value is -2.39. The zero-order valence-corrected chi connectivity index (χ0v) is 17.3. The van der Waals surface area contributed by atoms with Crippen LogP contribution in [0.15, 0.2) is 48.5 Å². The molecule has 5 nitrogen and oxygen atoms in total. The Bertz CT molecular complexity index is 1000. The van der Waals surface area contributed by atoms with Gasteiger partial charge in [-0.05, 0) is 55.2 Å². The van der Waals surface area contributed by atoms with Crippen LogP contribution in [0.25, 0.3) is 0 Å². The van der Waals surface area contributed by atoms with Crippen molar-refractivity contribution >= 4 is 21.6 Å². The highest BCUT2D eigenvalue weighted by Gasteiger charge is 2.33. The molecule has 1 saturated heterocycles. The summed E-state index contributed by atoms with van der Waals surface area (Å²) in [5.74, 6) is -1.09. The molecule has 0 aliphatic carbocycles. The molecule has 0 radical (unpaired) electrons. The van der Waals surface area contributed by atoms with Gasteiger partial charge in [-0.1, -0.05) is 24.3 Å². The van der Waals surface area contributed by atoms with Crippen LogP contribution in [0.2, 0.25) is 0 Å². The molecule has 0 bridgehead atoms. The summed E-state index contributed by atoms with van der Waals surface area (Å²) in [5, 5.41) is 2.59. The first-order valence-electron chi connectivity index (χ1n) is 9.57. The van der Waals surface area contributed by atoms with Crippen molar-refractivity contribution in [3.63, 3.8) is 0 Å². The molecule has 1 heterocycles. The average molecular weight is 440 g/mol. The topological polar surface area (TPSA) is 66.5 Å². The molecular formula is C21H23F3N2O3S. The zero-order valence-electron chi connectivity index (χ0n) is 16.4. The molecule has 1 atom stereocenters. The van der Waals surface area contributed by atoms with Gasteiger partial charge in [0.15, 0.2) is 0 Å². The molecule has 0 aromatic heterocycles. The second kappa shape index (κ2) is 8.77. The third-order valence-corrected chi connectivity index (χ3v) is 7.02. The number of rotatable bonds is 5. The monoisotopic (exact) mass is 440 g/mol. The molecule has 1 N–H and O–H groups in total. The summed E-state index contributed by atoms with van der Waals surface area (Å²) in [7, 11) is -3.59. The summed E-state index contributed by atoms with van der Waals surface area (Å²) in [6.07, 6.45) is -3.39. The van der Waals surface area contributed by atoms with Crippen molar-refractivity contribution < 1.29 is 26.4 Å². The average Bonchev–Trinajstić information content (AvgIpc) is 2.69. The molecule has 0 saturated carbocycles. The van der Waals surface area contributed by atoms with Gasteiger partial charge >= 0.3 is 6.18 Å². The molecule has 9 heteroatoms. The smallest absolute Gasteiger partial charge is 0.326 e. The maximum atomic E-state index is 12.9. The van der Waals surface area contributed by atoms with E-state index in [1.807, 2.05) is 19.1 Å². The van der Waals surface area contributed by atoms with Gasteiger partial charge in [-0.2, -0.15) is 13.2 Å². The van der Waals surface area contributed by atoms with E-state index in [9.17, 15) is 26.4 Å². The summed E-state index contributed by atoms with van der Waals surface area (Å²) in [6.45, 7) is 2.25. The second-order valence-corrected chi connectivity index (χ2v) is 9.41. The van der Waals surface area contributed by atoms with Crippen LogP contribution in [0.5, 0.6) is 0 Å². The number of carbonyl (C=O) groups is 1. The Morgan fingerprint density at radius 3 is 2.43 bits per heavy atom. The highest BCUT2D eigenvalue weighted by atomic mass is 32.2. The predicted octanol–water partition coefficient (Wildman–Crippen LogP) is 4.19. The van der Waals surface area contributed by atoms with Crippen LogP contribution in [0.4, 0.5) is 18.9 Å². The summed E-state index contributed by atoms with van der Waals surface area (Å²) in [6, 6.07) is 11.4. The summed E-state index contributed by atoms with van der Waals surface area (Å²) >= 11 is 0. The Morgan fingerprint density at radius 1 is 1.13 bits per heavy atom. The van der Waals surface area contributed by atoms with Crippen LogP contribution in [-0.4, -0.2) is 31.7 Å². The predicted molar refractivity (Wildman–Crippen MR) is 108 cm³/mol. The van der Waals surface area contributed by atoms with Gasteiger partial charge in [-0.15, -0.1) is 0 Å². The van der Waals surface area contributed by atoms with Crippen LogP contribution >= 0.6 is 0 Å². The number of nitrogens with zero attached hydrogens (tertiary/aromatic N) is 1. The molecule has 1 fully saturated rings. The van der Waals surface area contributed by atoms with E-state index in [0.29, 0.717) is 24.9 Å². The number of nitrogens with one attached hydrogen (secondary N) is 1. The lowest BCUT2D eigenvalue weighted by atomic mass is 9.98. The van der Waals surface area contributed by atoms with Crippen LogP contribution in [0.3, 0.4) is 0 Å². The van der Waals surface area contributed by atoms with E-state index in [0.717, 1.165) is 17.7 Å². The first-order valence-corrected chi connectivity index (χ1v) is 11.2. The number of aryl methyl sites for hydroxylation is 1. The molecule has 1 aliphatic heterocycles. The number of halogens is 3. The molecule has 1 amide bonds. The van der Waals surface area contributed by atoms with E-state index in [-0.39, 0.29) is 18.0 Å². The van der Waals surface area contributed by atoms with Crippen molar-refractivity contribution in [2.45, 2.75) is 31.7 Å². The van der Waals surface area contributed by atoms with Crippen molar-refractivity contribution in [2.24, 2.45) is 5.92 Å². The van der Waals surface area contributed by atoms with E-state index in [1.165, 1.54) is 16.4 Å². The van der Waals surface area contributed by atoms with Crippen LogP contribution < -0.4 is 5.32 Å². The van der Waals surface area contributed by atoms with Gasteiger partial charge in [0.1, 0.15) is 0 Å². The van der Waals surface area contributed by atoms with Crippen LogP contribution in [0.1, 0.15) is 29.5 Å². The number of benzene rings is 2. The molecule has 30 heavy (non-hydrogen) atoms. The molecule has 0 unspecified atom stereocenters. The first kappa shape index (κ1) is 22.3. The Balaban J connectivity index is 1.65. The minimum Gasteiger partial charge on any atom is -0.326 e. The normalized spacial score (nSPS) is 18.2. The largest absolute Gasteiger partial charge is 0.416 e. The third kappa shape index (κ3) is 5.40. The highest BCUT2D eigenvalue weighted by molar-refractivity contribution is 7.88.